The highest BCUT2D eigenvalue weighted by molar-refractivity contribution is 5.90. The first-order chi connectivity index (χ1) is 26.6. The van der Waals surface area contributed by atoms with E-state index in [0.29, 0.717) is 50.7 Å². The van der Waals surface area contributed by atoms with Crippen LogP contribution in [0.4, 0.5) is 4.39 Å². The molecule has 0 saturated heterocycles. The number of hydrogen-bond acceptors (Lipinski definition) is 8. The molecule has 284 valence electrons. The summed E-state index contributed by atoms with van der Waals surface area (Å²) in [5.41, 5.74) is 6.73. The number of carbonyl (C=O) groups is 4. The lowest BCUT2D eigenvalue weighted by Gasteiger charge is -2.09. The average molecular weight is 753 g/mol. The van der Waals surface area contributed by atoms with Gasteiger partial charge in [0.1, 0.15) is 29.7 Å². The molecule has 0 atom stereocenters. The largest absolute Gasteiger partial charge is 0.457 e. The van der Waals surface area contributed by atoms with Crippen LogP contribution in [0.2, 0.25) is 0 Å². The maximum absolute atomic E-state index is 14.8. The lowest BCUT2D eigenvalue weighted by molar-refractivity contribution is -0.140. The SMILES string of the molecule is C=C(C)C(=O)OCc1ccc(-c2ccc(-c3ccc(OC(=O)C(=C)C)cc3)c(F)c2)cc1.C=C(C)C(=O)Oc1ccc(-c2ccc(OC(=O)C(=C)C)cc2)cc1. The fourth-order valence-electron chi connectivity index (χ4n) is 4.71. The van der Waals surface area contributed by atoms with Gasteiger partial charge in [-0.1, -0.05) is 99.1 Å². The molecule has 5 aromatic rings. The van der Waals surface area contributed by atoms with Crippen LogP contribution in [-0.2, 0) is 30.5 Å². The maximum Gasteiger partial charge on any atom is 0.338 e. The molecule has 0 bridgehead atoms. The minimum Gasteiger partial charge on any atom is -0.457 e. The number of carbonyl (C=O) groups excluding carboxylic acids is 4. The van der Waals surface area contributed by atoms with Gasteiger partial charge in [0.05, 0.1) is 0 Å². The smallest absolute Gasteiger partial charge is 0.338 e. The fraction of sp³-hybridized carbons (Fsp3) is 0.106. The molecule has 0 aliphatic heterocycles. The number of halogens is 1. The number of ether oxygens (including phenoxy) is 4. The highest BCUT2D eigenvalue weighted by atomic mass is 19.1. The minimum atomic E-state index is -0.506. The van der Waals surface area contributed by atoms with Crippen LogP contribution in [0.5, 0.6) is 17.2 Å². The molecule has 0 saturated carbocycles. The van der Waals surface area contributed by atoms with Crippen LogP contribution < -0.4 is 14.2 Å². The van der Waals surface area contributed by atoms with E-state index in [1.165, 1.54) is 6.07 Å². The predicted octanol–water partition coefficient (Wildman–Crippen LogP) is 10.6. The second kappa shape index (κ2) is 19.3. The van der Waals surface area contributed by atoms with E-state index in [9.17, 15) is 23.6 Å². The molecule has 0 aliphatic carbocycles. The molecule has 0 spiro atoms. The summed E-state index contributed by atoms with van der Waals surface area (Å²) >= 11 is 0. The Morgan fingerprint density at radius 1 is 0.446 bits per heavy atom. The lowest BCUT2D eigenvalue weighted by Crippen LogP contribution is -2.08. The zero-order chi connectivity index (χ0) is 40.9. The van der Waals surface area contributed by atoms with Crippen molar-refractivity contribution in [1.82, 2.24) is 0 Å². The summed E-state index contributed by atoms with van der Waals surface area (Å²) in [6.45, 7) is 20.7. The third kappa shape index (κ3) is 11.9. The van der Waals surface area contributed by atoms with Crippen LogP contribution >= 0.6 is 0 Å². The van der Waals surface area contributed by atoms with E-state index in [0.717, 1.165) is 27.8 Å². The van der Waals surface area contributed by atoms with E-state index < -0.39 is 23.9 Å². The molecule has 8 nitrogen and oxygen atoms in total. The first-order valence-corrected chi connectivity index (χ1v) is 17.3. The van der Waals surface area contributed by atoms with Crippen molar-refractivity contribution in [2.75, 3.05) is 0 Å². The molecular weight excluding hydrogens is 712 g/mol. The molecule has 0 radical (unpaired) electrons. The molecular formula is C47H41FO8. The Labute approximate surface area is 325 Å². The van der Waals surface area contributed by atoms with Crippen LogP contribution in [0.3, 0.4) is 0 Å². The average Bonchev–Trinajstić information content (AvgIpc) is 3.18. The van der Waals surface area contributed by atoms with Crippen LogP contribution in [0.15, 0.2) is 164 Å². The monoisotopic (exact) mass is 752 g/mol. The zero-order valence-corrected chi connectivity index (χ0v) is 31.6. The fourth-order valence-corrected chi connectivity index (χ4v) is 4.71. The molecule has 5 rings (SSSR count). The van der Waals surface area contributed by atoms with E-state index in [-0.39, 0.29) is 12.4 Å². The highest BCUT2D eigenvalue weighted by Gasteiger charge is 2.11. The van der Waals surface area contributed by atoms with Gasteiger partial charge in [-0.05, 0) is 104 Å². The Kier molecular flexibility index (Phi) is 14.3. The van der Waals surface area contributed by atoms with Crippen LogP contribution in [0.1, 0.15) is 33.3 Å². The Balaban J connectivity index is 0.000000259. The van der Waals surface area contributed by atoms with E-state index in [1.807, 2.05) is 54.6 Å². The highest BCUT2D eigenvalue weighted by Crippen LogP contribution is 2.30. The van der Waals surface area contributed by atoms with Crippen molar-refractivity contribution >= 4 is 23.9 Å². The number of esters is 4. The number of benzene rings is 5. The molecule has 0 aromatic heterocycles. The molecule has 0 heterocycles. The van der Waals surface area contributed by atoms with Gasteiger partial charge in [0, 0.05) is 27.9 Å². The van der Waals surface area contributed by atoms with Gasteiger partial charge >= 0.3 is 23.9 Å². The van der Waals surface area contributed by atoms with Gasteiger partial charge in [-0.15, -0.1) is 0 Å². The van der Waals surface area contributed by atoms with Crippen LogP contribution in [0, 0.1) is 5.82 Å². The zero-order valence-electron chi connectivity index (χ0n) is 31.6. The van der Waals surface area contributed by atoms with Crippen LogP contribution in [0.25, 0.3) is 33.4 Å². The maximum atomic E-state index is 14.8. The van der Waals surface area contributed by atoms with Crippen LogP contribution in [-0.4, -0.2) is 23.9 Å². The van der Waals surface area contributed by atoms with Crippen molar-refractivity contribution in [3.8, 4) is 50.6 Å². The number of rotatable bonds is 12. The third-order valence-corrected chi connectivity index (χ3v) is 7.86. The molecule has 9 heteroatoms. The quantitative estimate of drug-likeness (QED) is 0.0705. The molecule has 56 heavy (non-hydrogen) atoms. The first-order valence-electron chi connectivity index (χ1n) is 17.3. The minimum absolute atomic E-state index is 0.150. The molecule has 0 N–H and O–H groups in total. The van der Waals surface area contributed by atoms with Crippen molar-refractivity contribution in [3.05, 3.63) is 175 Å². The molecule has 5 aromatic carbocycles. The summed E-state index contributed by atoms with van der Waals surface area (Å²) in [4.78, 5) is 46.0. The van der Waals surface area contributed by atoms with Gasteiger partial charge in [0.15, 0.2) is 0 Å². The third-order valence-electron chi connectivity index (χ3n) is 7.86. The van der Waals surface area contributed by atoms with Gasteiger partial charge in [-0.2, -0.15) is 0 Å². The summed E-state index contributed by atoms with van der Waals surface area (Å²) in [5.74, 6) is -0.932. The van der Waals surface area contributed by atoms with Gasteiger partial charge in [-0.3, -0.25) is 0 Å². The van der Waals surface area contributed by atoms with Crippen molar-refractivity contribution < 1.29 is 42.5 Å². The Hall–Kier alpha value is -7.13. The lowest BCUT2D eigenvalue weighted by atomic mass is 9.99. The first kappa shape index (κ1) is 41.6. The summed E-state index contributed by atoms with van der Waals surface area (Å²) < 4.78 is 35.4. The second-order valence-corrected chi connectivity index (χ2v) is 12.8. The van der Waals surface area contributed by atoms with Crippen molar-refractivity contribution in [3.63, 3.8) is 0 Å². The molecule has 0 aliphatic rings. The number of hydrogen-bond donors (Lipinski definition) is 0. The van der Waals surface area contributed by atoms with Gasteiger partial charge in [0.25, 0.3) is 0 Å². The van der Waals surface area contributed by atoms with Gasteiger partial charge < -0.3 is 18.9 Å². The van der Waals surface area contributed by atoms with Crippen molar-refractivity contribution in [2.45, 2.75) is 34.3 Å². The predicted molar refractivity (Wildman–Crippen MR) is 215 cm³/mol. The molecule has 0 fully saturated rings. The Bertz CT molecular complexity index is 2210. The van der Waals surface area contributed by atoms with E-state index in [2.05, 4.69) is 26.3 Å². The van der Waals surface area contributed by atoms with E-state index >= 15 is 0 Å². The normalized spacial score (nSPS) is 10.2. The topological polar surface area (TPSA) is 105 Å². The second-order valence-electron chi connectivity index (χ2n) is 12.8. The summed E-state index contributed by atoms with van der Waals surface area (Å²) in [6.07, 6.45) is 0. The summed E-state index contributed by atoms with van der Waals surface area (Å²) in [7, 11) is 0. The standard InChI is InChI=1S/C27H23FO4.C20H18O4/c1-17(2)26(29)31-16-19-5-7-20(8-6-19)22-11-14-24(25(28)15-22)21-9-12-23(13-10-21)32-27(30)18(3)4;1-13(2)19(21)23-17-9-5-15(6-10-17)16-7-11-18(12-8-16)24-20(22)14(3)4/h5-15H,1,3,16H2,2,4H3;5-12H,1,3H2,2,4H3. The summed E-state index contributed by atoms with van der Waals surface area (Å²) in [5, 5.41) is 0. The van der Waals surface area contributed by atoms with E-state index in [4.69, 9.17) is 18.9 Å². The summed E-state index contributed by atoms with van der Waals surface area (Å²) in [6, 6.07) is 33.2. The van der Waals surface area contributed by atoms with Crippen molar-refractivity contribution in [1.29, 1.82) is 0 Å². The molecule has 0 amide bonds. The van der Waals surface area contributed by atoms with E-state index in [1.54, 1.807) is 82.3 Å². The van der Waals surface area contributed by atoms with Gasteiger partial charge in [-0.25, -0.2) is 23.6 Å². The van der Waals surface area contributed by atoms with Crippen molar-refractivity contribution in [2.24, 2.45) is 0 Å². The van der Waals surface area contributed by atoms with Gasteiger partial charge in [0.2, 0.25) is 0 Å². The molecule has 0 unspecified atom stereocenters. The Morgan fingerprint density at radius 2 is 0.768 bits per heavy atom. The Morgan fingerprint density at radius 3 is 1.12 bits per heavy atom.